The molecule has 1 aliphatic rings. The zero-order chi connectivity index (χ0) is 28.3. The Hall–Kier alpha value is -2.41. The molecule has 5 rings (SSSR count). The predicted octanol–water partition coefficient (Wildman–Crippen LogP) is 9.20. The zero-order valence-corrected chi connectivity index (χ0v) is 24.9. The number of aromatic amines is 1. The molecule has 1 saturated carbocycles. The van der Waals surface area contributed by atoms with E-state index in [0.29, 0.717) is 27.0 Å². The molecule has 2 amide bonds. The van der Waals surface area contributed by atoms with Crippen LogP contribution in [0.15, 0.2) is 60.7 Å². The van der Waals surface area contributed by atoms with Crippen LogP contribution in [-0.4, -0.2) is 21.1 Å². The van der Waals surface area contributed by atoms with Gasteiger partial charge in [0.05, 0.1) is 16.5 Å². The minimum Gasteiger partial charge on any atom is -0.358 e. The van der Waals surface area contributed by atoms with Gasteiger partial charge in [0.25, 0.3) is 5.91 Å². The number of anilines is 2. The first-order valence-corrected chi connectivity index (χ1v) is 14.0. The third-order valence-electron chi connectivity index (χ3n) is 6.75. The highest BCUT2D eigenvalue weighted by atomic mass is 35.5. The van der Waals surface area contributed by atoms with Crippen molar-refractivity contribution < 1.29 is 9.59 Å². The summed E-state index contributed by atoms with van der Waals surface area (Å²) in [6, 6.07) is 17.3. The summed E-state index contributed by atoms with van der Waals surface area (Å²) in [5.41, 5.74) is 3.92. The molecule has 0 bridgehead atoms. The van der Waals surface area contributed by atoms with E-state index in [0.717, 1.165) is 16.6 Å². The molecule has 1 aromatic heterocycles. The number of fused-ring (bicyclic) bond motifs is 1. The molecule has 0 radical (unpaired) electrons. The van der Waals surface area contributed by atoms with Crippen molar-refractivity contribution >= 4 is 92.1 Å². The van der Waals surface area contributed by atoms with Crippen LogP contribution in [0.3, 0.4) is 0 Å². The van der Waals surface area contributed by atoms with Gasteiger partial charge < -0.3 is 15.6 Å². The number of carbonyl (C=O) groups excluding carboxylic acids is 2. The molecule has 4 aromatic rings. The Morgan fingerprint density at radius 3 is 2.15 bits per heavy atom. The molecule has 0 spiro atoms. The van der Waals surface area contributed by atoms with E-state index in [-0.39, 0.29) is 16.0 Å². The Morgan fingerprint density at radius 2 is 1.49 bits per heavy atom. The lowest BCUT2D eigenvalue weighted by Gasteiger charge is -2.15. The lowest BCUT2D eigenvalue weighted by molar-refractivity contribution is -0.117. The van der Waals surface area contributed by atoms with Crippen LogP contribution in [0, 0.1) is 5.92 Å². The number of carbonyl (C=O) groups is 2. The lowest BCUT2D eigenvalue weighted by Crippen LogP contribution is -2.18. The fraction of sp³-hybridized carbons (Fsp3) is 0.241. The van der Waals surface area contributed by atoms with Crippen LogP contribution in [0.1, 0.15) is 48.3 Å². The molecular weight excluding hydrogens is 600 g/mol. The normalized spacial score (nSPS) is 18.2. The Balaban J connectivity index is 1.32. The smallest absolute Gasteiger partial charge is 0.257 e. The first kappa shape index (κ1) is 28.1. The van der Waals surface area contributed by atoms with E-state index in [9.17, 15) is 9.59 Å². The van der Waals surface area contributed by atoms with E-state index in [1.807, 2.05) is 18.2 Å². The highest BCUT2D eigenvalue weighted by Gasteiger charge is 2.67. The van der Waals surface area contributed by atoms with Gasteiger partial charge in [-0.3, -0.25) is 9.59 Å². The summed E-state index contributed by atoms with van der Waals surface area (Å²) in [4.78, 5) is 29.7. The number of aromatic nitrogens is 1. The van der Waals surface area contributed by atoms with E-state index < -0.39 is 28.0 Å². The molecule has 3 N–H and O–H groups in total. The Morgan fingerprint density at radius 1 is 0.846 bits per heavy atom. The molecule has 0 aliphatic heterocycles. The minimum absolute atomic E-state index is 0.0326. The van der Waals surface area contributed by atoms with Crippen LogP contribution >= 0.6 is 58.0 Å². The van der Waals surface area contributed by atoms with Gasteiger partial charge in [0, 0.05) is 49.3 Å². The second-order valence-corrected chi connectivity index (χ2v) is 13.4. The maximum Gasteiger partial charge on any atom is 0.257 e. The fourth-order valence-corrected chi connectivity index (χ4v) is 6.21. The van der Waals surface area contributed by atoms with Crippen molar-refractivity contribution in [2.45, 2.75) is 36.4 Å². The number of benzene rings is 3. The first-order valence-electron chi connectivity index (χ1n) is 12.1. The van der Waals surface area contributed by atoms with E-state index in [2.05, 4.69) is 42.5 Å². The van der Waals surface area contributed by atoms with E-state index >= 15 is 0 Å². The summed E-state index contributed by atoms with van der Waals surface area (Å²) in [7, 11) is 0. The third kappa shape index (κ3) is 5.75. The number of alkyl halides is 2. The van der Waals surface area contributed by atoms with Crippen molar-refractivity contribution in [2.75, 3.05) is 10.6 Å². The van der Waals surface area contributed by atoms with Crippen molar-refractivity contribution in [3.63, 3.8) is 0 Å². The number of H-pyrrole nitrogens is 1. The summed E-state index contributed by atoms with van der Waals surface area (Å²) in [6.07, 6.45) is 0. The molecule has 1 fully saturated rings. The molecule has 5 nitrogen and oxygen atoms in total. The van der Waals surface area contributed by atoms with Gasteiger partial charge >= 0.3 is 0 Å². The van der Waals surface area contributed by atoms with Gasteiger partial charge in [-0.2, -0.15) is 0 Å². The topological polar surface area (TPSA) is 74.0 Å². The van der Waals surface area contributed by atoms with Crippen LogP contribution in [0.25, 0.3) is 10.9 Å². The lowest BCUT2D eigenvalue weighted by atomic mass is 9.92. The zero-order valence-electron chi connectivity index (χ0n) is 21.1. The third-order valence-corrected chi connectivity index (χ3v) is 8.45. The molecule has 39 heavy (non-hydrogen) atoms. The average Bonchev–Trinajstić information content (AvgIpc) is 3.17. The number of amides is 2. The monoisotopic (exact) mass is 621 g/mol. The summed E-state index contributed by atoms with van der Waals surface area (Å²) in [5.74, 6) is -2.05. The van der Waals surface area contributed by atoms with E-state index in [4.69, 9.17) is 58.0 Å². The van der Waals surface area contributed by atoms with Crippen LogP contribution in [-0.2, 0) is 10.2 Å². The van der Waals surface area contributed by atoms with Crippen molar-refractivity contribution in [3.8, 4) is 0 Å². The number of nitrogens with one attached hydrogen (secondary N) is 3. The van der Waals surface area contributed by atoms with Gasteiger partial charge in [-0.15, -0.1) is 23.2 Å². The number of hydrogen-bond acceptors (Lipinski definition) is 2. The Labute approximate surface area is 251 Å². The maximum absolute atomic E-state index is 13.1. The molecule has 2 atom stereocenters. The predicted molar refractivity (Wildman–Crippen MR) is 162 cm³/mol. The Kier molecular flexibility index (Phi) is 7.36. The van der Waals surface area contributed by atoms with Crippen molar-refractivity contribution in [3.05, 3.63) is 92.6 Å². The van der Waals surface area contributed by atoms with E-state index in [1.165, 1.54) is 6.07 Å². The molecule has 10 heteroatoms. The van der Waals surface area contributed by atoms with Crippen LogP contribution in [0.2, 0.25) is 15.1 Å². The van der Waals surface area contributed by atoms with Crippen molar-refractivity contribution in [1.29, 1.82) is 0 Å². The highest BCUT2D eigenvalue weighted by Crippen LogP contribution is 2.65. The molecule has 0 saturated heterocycles. The van der Waals surface area contributed by atoms with Gasteiger partial charge in [-0.1, -0.05) is 55.6 Å². The standard InChI is InChI=1S/C29H24Cl5N3O2/c1-28(2,3)23-11-14-10-18(5-7-22(14)37-23)35-26(38)20-13-19(4-6-21(20)32)36-27(39)25-24(29(25,33)34)15-8-16(30)12-17(31)9-15/h4-13,24-25,37H,1-3H3,(H,35,38)(H,36,39). The molecular formula is C29H24Cl5N3O2. The average molecular weight is 624 g/mol. The Bertz CT molecular complexity index is 1600. The number of halogens is 5. The summed E-state index contributed by atoms with van der Waals surface area (Å²) < 4.78 is -1.32. The second kappa shape index (κ2) is 10.2. The minimum atomic E-state index is -1.32. The summed E-state index contributed by atoms with van der Waals surface area (Å²) in [6.45, 7) is 6.39. The molecule has 1 heterocycles. The summed E-state index contributed by atoms with van der Waals surface area (Å²) >= 11 is 31.5. The largest absolute Gasteiger partial charge is 0.358 e. The highest BCUT2D eigenvalue weighted by molar-refractivity contribution is 6.53. The quantitative estimate of drug-likeness (QED) is 0.194. The van der Waals surface area contributed by atoms with Gasteiger partial charge in [-0.05, 0) is 66.2 Å². The van der Waals surface area contributed by atoms with Crippen LogP contribution in [0.4, 0.5) is 11.4 Å². The SMILES string of the molecule is CC(C)(C)c1cc2cc(NC(=O)c3cc(NC(=O)C4C(c5cc(Cl)cc(Cl)c5)C4(Cl)Cl)ccc3Cl)ccc2[nH]1. The van der Waals surface area contributed by atoms with Gasteiger partial charge in [0.2, 0.25) is 5.91 Å². The van der Waals surface area contributed by atoms with Crippen LogP contribution in [0.5, 0.6) is 0 Å². The number of hydrogen-bond donors (Lipinski definition) is 3. The first-order chi connectivity index (χ1) is 18.2. The van der Waals surface area contributed by atoms with E-state index in [1.54, 1.807) is 30.3 Å². The van der Waals surface area contributed by atoms with Gasteiger partial charge in [0.15, 0.2) is 0 Å². The fourth-order valence-electron chi connectivity index (χ4n) is 4.63. The molecule has 202 valence electrons. The van der Waals surface area contributed by atoms with Crippen LogP contribution < -0.4 is 10.6 Å². The van der Waals surface area contributed by atoms with Gasteiger partial charge in [0.1, 0.15) is 4.33 Å². The molecule has 2 unspecified atom stereocenters. The summed E-state index contributed by atoms with van der Waals surface area (Å²) in [5, 5.41) is 7.76. The maximum atomic E-state index is 13.1. The molecule has 1 aliphatic carbocycles. The van der Waals surface area contributed by atoms with Crippen molar-refractivity contribution in [2.24, 2.45) is 5.92 Å². The van der Waals surface area contributed by atoms with Gasteiger partial charge in [-0.25, -0.2) is 0 Å². The second-order valence-electron chi connectivity index (χ2n) is 10.7. The van der Waals surface area contributed by atoms with Crippen molar-refractivity contribution in [1.82, 2.24) is 4.98 Å². The number of rotatable bonds is 5. The molecule has 3 aromatic carbocycles.